The maximum absolute atomic E-state index is 12.9. The minimum absolute atomic E-state index is 0.287. The lowest BCUT2D eigenvalue weighted by Crippen LogP contribution is -2.12. The lowest BCUT2D eigenvalue weighted by molar-refractivity contribution is 0.102. The monoisotopic (exact) mass is 460 g/mol. The van der Waals surface area contributed by atoms with Crippen LogP contribution in [-0.4, -0.2) is 34.9 Å². The highest BCUT2D eigenvalue weighted by Gasteiger charge is 2.20. The second kappa shape index (κ2) is 9.16. The van der Waals surface area contributed by atoms with E-state index in [1.807, 2.05) is 6.07 Å². The molecule has 0 saturated heterocycles. The molecule has 1 aromatic heterocycles. The molecule has 0 aliphatic carbocycles. The fourth-order valence-electron chi connectivity index (χ4n) is 3.71. The van der Waals surface area contributed by atoms with Crippen molar-refractivity contribution in [2.75, 3.05) is 19.5 Å². The summed E-state index contributed by atoms with van der Waals surface area (Å²) in [6, 6.07) is 8.41. The molecule has 1 amide bonds. The first-order valence-corrected chi connectivity index (χ1v) is 10.7. The lowest BCUT2D eigenvalue weighted by atomic mass is 10.1. The first kappa shape index (κ1) is 21.5. The minimum Gasteiger partial charge on any atom is -0.493 e. The summed E-state index contributed by atoms with van der Waals surface area (Å²) in [5, 5.41) is 12.4. The molecular formula is C22H22Cl2N4O3. The molecule has 0 bridgehead atoms. The summed E-state index contributed by atoms with van der Waals surface area (Å²) in [6.45, 7) is 0.856. The van der Waals surface area contributed by atoms with Gasteiger partial charge in [0.05, 0.1) is 24.3 Å². The van der Waals surface area contributed by atoms with Crippen LogP contribution in [0.1, 0.15) is 35.4 Å². The molecule has 162 valence electrons. The van der Waals surface area contributed by atoms with Crippen LogP contribution in [0.15, 0.2) is 30.3 Å². The highest BCUT2D eigenvalue weighted by molar-refractivity contribution is 6.33. The third-order valence-electron chi connectivity index (χ3n) is 5.27. The van der Waals surface area contributed by atoms with Crippen LogP contribution in [0.4, 0.5) is 5.69 Å². The number of fused-ring (bicyclic) bond motifs is 1. The van der Waals surface area contributed by atoms with E-state index < -0.39 is 0 Å². The first-order chi connectivity index (χ1) is 15.0. The molecule has 1 aliphatic rings. The molecular weight excluding hydrogens is 439 g/mol. The van der Waals surface area contributed by atoms with E-state index in [2.05, 4.69) is 20.1 Å². The maximum atomic E-state index is 12.9. The molecule has 3 aromatic rings. The normalized spacial score (nSPS) is 13.3. The van der Waals surface area contributed by atoms with E-state index in [9.17, 15) is 4.79 Å². The molecule has 0 saturated carbocycles. The SMILES string of the molecule is COc1cc(C(=O)Nc2ccc(Cl)c(-c3nnc4n3CCCCC4)c2)cc(Cl)c1OC. The summed E-state index contributed by atoms with van der Waals surface area (Å²) >= 11 is 12.7. The van der Waals surface area contributed by atoms with Crippen LogP contribution in [0.25, 0.3) is 11.4 Å². The quantitative estimate of drug-likeness (QED) is 0.562. The molecule has 9 heteroatoms. The van der Waals surface area contributed by atoms with E-state index in [1.54, 1.807) is 18.2 Å². The fraction of sp³-hybridized carbons (Fsp3) is 0.318. The summed E-state index contributed by atoms with van der Waals surface area (Å²) in [7, 11) is 2.98. The third kappa shape index (κ3) is 4.34. The Bertz CT molecular complexity index is 1130. The Hall–Kier alpha value is -2.77. The Morgan fingerprint density at radius 2 is 1.87 bits per heavy atom. The fourth-order valence-corrected chi connectivity index (χ4v) is 4.20. The zero-order valence-electron chi connectivity index (χ0n) is 17.2. The van der Waals surface area contributed by atoms with Crippen molar-refractivity contribution < 1.29 is 14.3 Å². The van der Waals surface area contributed by atoms with Gasteiger partial charge in [0, 0.05) is 29.8 Å². The van der Waals surface area contributed by atoms with Crippen molar-refractivity contribution in [3.05, 3.63) is 51.8 Å². The highest BCUT2D eigenvalue weighted by atomic mass is 35.5. The summed E-state index contributed by atoms with van der Waals surface area (Å²) in [6.07, 6.45) is 4.25. The van der Waals surface area contributed by atoms with Gasteiger partial charge < -0.3 is 19.4 Å². The number of aryl methyl sites for hydroxylation is 1. The molecule has 0 fully saturated rings. The Morgan fingerprint density at radius 3 is 2.65 bits per heavy atom. The molecule has 4 rings (SSSR count). The van der Waals surface area contributed by atoms with Crippen LogP contribution in [-0.2, 0) is 13.0 Å². The smallest absolute Gasteiger partial charge is 0.255 e. The van der Waals surface area contributed by atoms with Gasteiger partial charge in [0.25, 0.3) is 5.91 Å². The number of aromatic nitrogens is 3. The zero-order valence-corrected chi connectivity index (χ0v) is 18.8. The second-order valence-electron chi connectivity index (χ2n) is 7.24. The van der Waals surface area contributed by atoms with Crippen LogP contribution >= 0.6 is 23.2 Å². The molecule has 1 aliphatic heterocycles. The number of hydrogen-bond acceptors (Lipinski definition) is 5. The number of amides is 1. The van der Waals surface area contributed by atoms with Gasteiger partial charge in [-0.2, -0.15) is 0 Å². The number of anilines is 1. The van der Waals surface area contributed by atoms with Gasteiger partial charge in [-0.05, 0) is 43.2 Å². The molecule has 31 heavy (non-hydrogen) atoms. The van der Waals surface area contributed by atoms with Gasteiger partial charge >= 0.3 is 0 Å². The van der Waals surface area contributed by atoms with Crippen LogP contribution < -0.4 is 14.8 Å². The van der Waals surface area contributed by atoms with Crippen LogP contribution in [0.5, 0.6) is 11.5 Å². The van der Waals surface area contributed by atoms with Crippen molar-refractivity contribution >= 4 is 34.8 Å². The Morgan fingerprint density at radius 1 is 1.03 bits per heavy atom. The predicted molar refractivity (Wildman–Crippen MR) is 121 cm³/mol. The summed E-state index contributed by atoms with van der Waals surface area (Å²) in [5.41, 5.74) is 1.65. The number of ether oxygens (including phenoxy) is 2. The van der Waals surface area contributed by atoms with Crippen molar-refractivity contribution in [3.63, 3.8) is 0 Å². The Labute approximate surface area is 190 Å². The molecule has 0 atom stereocenters. The van der Waals surface area contributed by atoms with Crippen molar-refractivity contribution in [1.29, 1.82) is 0 Å². The van der Waals surface area contributed by atoms with E-state index >= 15 is 0 Å². The lowest BCUT2D eigenvalue weighted by Gasteiger charge is -2.13. The number of nitrogens with zero attached hydrogens (tertiary/aromatic N) is 3. The number of carbonyl (C=O) groups excluding carboxylic acids is 1. The number of nitrogens with one attached hydrogen (secondary N) is 1. The largest absolute Gasteiger partial charge is 0.493 e. The van der Waals surface area contributed by atoms with E-state index in [0.29, 0.717) is 33.6 Å². The average Bonchev–Trinajstić information content (AvgIpc) is 3.01. The molecule has 0 spiro atoms. The Balaban J connectivity index is 1.63. The van der Waals surface area contributed by atoms with Gasteiger partial charge in [0.15, 0.2) is 17.3 Å². The van der Waals surface area contributed by atoms with Crippen LogP contribution in [0.2, 0.25) is 10.0 Å². The number of methoxy groups -OCH3 is 2. The standard InChI is InChI=1S/C22H22Cl2N4O3/c1-30-18-11-13(10-17(24)20(18)31-2)22(29)25-14-7-8-16(23)15(12-14)21-27-26-19-6-4-3-5-9-28(19)21/h7-8,10-12H,3-6,9H2,1-2H3,(H,25,29). The maximum Gasteiger partial charge on any atom is 0.255 e. The highest BCUT2D eigenvalue weighted by Crippen LogP contribution is 2.36. The van der Waals surface area contributed by atoms with Gasteiger partial charge in [-0.3, -0.25) is 4.79 Å². The number of halogens is 2. The second-order valence-corrected chi connectivity index (χ2v) is 8.06. The Kier molecular flexibility index (Phi) is 6.34. The predicted octanol–water partition coefficient (Wildman–Crippen LogP) is 5.25. The van der Waals surface area contributed by atoms with Gasteiger partial charge in [0.2, 0.25) is 0 Å². The van der Waals surface area contributed by atoms with E-state index in [1.165, 1.54) is 26.7 Å². The zero-order chi connectivity index (χ0) is 22.0. The van der Waals surface area contributed by atoms with Crippen LogP contribution in [0.3, 0.4) is 0 Å². The summed E-state index contributed by atoms with van der Waals surface area (Å²) < 4.78 is 12.6. The topological polar surface area (TPSA) is 78.3 Å². The van der Waals surface area contributed by atoms with Gasteiger partial charge in [0.1, 0.15) is 5.82 Å². The molecule has 2 aromatic carbocycles. The molecule has 7 nitrogen and oxygen atoms in total. The van der Waals surface area contributed by atoms with Crippen molar-refractivity contribution in [3.8, 4) is 22.9 Å². The number of carbonyl (C=O) groups is 1. The van der Waals surface area contributed by atoms with E-state index in [-0.39, 0.29) is 10.9 Å². The molecule has 0 unspecified atom stereocenters. The van der Waals surface area contributed by atoms with E-state index in [0.717, 1.165) is 37.2 Å². The van der Waals surface area contributed by atoms with Crippen molar-refractivity contribution in [2.45, 2.75) is 32.2 Å². The molecule has 0 radical (unpaired) electrons. The summed E-state index contributed by atoms with van der Waals surface area (Å²) in [5.74, 6) is 2.10. The third-order valence-corrected chi connectivity index (χ3v) is 5.88. The van der Waals surface area contributed by atoms with Gasteiger partial charge in [-0.1, -0.05) is 29.6 Å². The average molecular weight is 461 g/mol. The number of hydrogen-bond donors (Lipinski definition) is 1. The minimum atomic E-state index is -0.337. The van der Waals surface area contributed by atoms with Crippen molar-refractivity contribution in [2.24, 2.45) is 0 Å². The number of rotatable bonds is 5. The molecule has 1 N–H and O–H groups in total. The van der Waals surface area contributed by atoms with Gasteiger partial charge in [-0.25, -0.2) is 0 Å². The van der Waals surface area contributed by atoms with E-state index in [4.69, 9.17) is 32.7 Å². The van der Waals surface area contributed by atoms with Crippen molar-refractivity contribution in [1.82, 2.24) is 14.8 Å². The van der Waals surface area contributed by atoms with Gasteiger partial charge in [-0.15, -0.1) is 10.2 Å². The number of benzene rings is 2. The summed E-state index contributed by atoms with van der Waals surface area (Å²) in [4.78, 5) is 12.9. The first-order valence-electron chi connectivity index (χ1n) is 9.96. The molecule has 2 heterocycles. The van der Waals surface area contributed by atoms with Crippen LogP contribution in [0, 0.1) is 0 Å².